The average molecular weight is 365 g/mol. The van der Waals surface area contributed by atoms with Gasteiger partial charge in [0.2, 0.25) is 16.0 Å². The maximum Gasteiger partial charge on any atom is 0.247 e. The molecule has 25 heavy (non-hydrogen) atoms. The van der Waals surface area contributed by atoms with Gasteiger partial charge in [-0.1, -0.05) is 36.4 Å². The second kappa shape index (κ2) is 5.80. The van der Waals surface area contributed by atoms with Crippen LogP contribution < -0.4 is 5.73 Å². The van der Waals surface area contributed by atoms with Gasteiger partial charge in [-0.05, 0) is 18.6 Å². The fraction of sp³-hybridized carbons (Fsp3) is 0.235. The van der Waals surface area contributed by atoms with Crippen LogP contribution in [0.1, 0.15) is 23.3 Å². The third kappa shape index (κ3) is 2.66. The van der Waals surface area contributed by atoms with Gasteiger partial charge in [0, 0.05) is 18.7 Å². The molecule has 0 fully saturated rings. The molecule has 0 unspecified atom stereocenters. The minimum Gasteiger partial charge on any atom is -0.369 e. The fourth-order valence-electron chi connectivity index (χ4n) is 3.17. The zero-order chi connectivity index (χ0) is 18.4. The van der Waals surface area contributed by atoms with E-state index in [4.69, 9.17) is 5.73 Å². The van der Waals surface area contributed by atoms with Gasteiger partial charge in [0.25, 0.3) is 0 Å². The predicted octanol–water partition coefficient (Wildman–Crippen LogP) is 2.51. The first-order valence-corrected chi connectivity index (χ1v) is 9.02. The molecule has 132 valence electrons. The van der Waals surface area contributed by atoms with Gasteiger partial charge in [0.1, 0.15) is 22.4 Å². The molecule has 0 aliphatic carbocycles. The van der Waals surface area contributed by atoms with Crippen LogP contribution in [0, 0.1) is 11.6 Å². The van der Waals surface area contributed by atoms with E-state index in [1.807, 2.05) is 0 Å². The molecule has 2 N–H and O–H groups in total. The number of guanidine groups is 1. The summed E-state index contributed by atoms with van der Waals surface area (Å²) < 4.78 is 54.8. The van der Waals surface area contributed by atoms with Crippen molar-refractivity contribution in [1.29, 1.82) is 0 Å². The topological polar surface area (TPSA) is 75.8 Å². The Morgan fingerprint density at radius 3 is 2.40 bits per heavy atom. The van der Waals surface area contributed by atoms with Gasteiger partial charge >= 0.3 is 0 Å². The molecular weight excluding hydrogens is 348 g/mol. The molecule has 5 nitrogen and oxygen atoms in total. The molecule has 0 spiro atoms. The Kier molecular flexibility index (Phi) is 4.03. The Bertz CT molecular complexity index is 948. The van der Waals surface area contributed by atoms with Crippen molar-refractivity contribution in [2.24, 2.45) is 10.7 Å². The van der Waals surface area contributed by atoms with Crippen molar-refractivity contribution in [3.63, 3.8) is 0 Å². The predicted molar refractivity (Wildman–Crippen MR) is 91.2 cm³/mol. The number of halogens is 2. The molecule has 2 atom stereocenters. The van der Waals surface area contributed by atoms with Gasteiger partial charge in [-0.2, -0.15) is 0 Å². The molecule has 0 radical (unpaired) electrons. The van der Waals surface area contributed by atoms with E-state index in [1.54, 1.807) is 30.3 Å². The van der Waals surface area contributed by atoms with E-state index in [2.05, 4.69) is 4.99 Å². The Morgan fingerprint density at radius 1 is 1.16 bits per heavy atom. The second-order valence-corrected chi connectivity index (χ2v) is 8.09. The first-order valence-electron chi connectivity index (χ1n) is 7.51. The van der Waals surface area contributed by atoms with Crippen LogP contribution in [0.15, 0.2) is 53.5 Å². The Morgan fingerprint density at radius 2 is 1.80 bits per heavy atom. The Labute approximate surface area is 144 Å². The summed E-state index contributed by atoms with van der Waals surface area (Å²) >= 11 is 0. The minimum atomic E-state index is -3.97. The SMILES string of the molecule is CN1C(N)=N[C@](C)(c2ccc(F)cc2F)[C@@H](c2ccccc2)S1(=O)=O. The number of hydrogen-bond acceptors (Lipinski definition) is 4. The van der Waals surface area contributed by atoms with Crippen molar-refractivity contribution in [2.75, 3.05) is 7.05 Å². The van der Waals surface area contributed by atoms with E-state index < -0.39 is 32.4 Å². The summed E-state index contributed by atoms with van der Waals surface area (Å²) in [5.41, 5.74) is 4.64. The molecule has 8 heteroatoms. The number of sulfonamides is 1. The number of aliphatic imine (C=N–C) groups is 1. The molecule has 0 bridgehead atoms. The highest BCUT2D eigenvalue weighted by atomic mass is 32.2. The second-order valence-electron chi connectivity index (χ2n) is 6.04. The van der Waals surface area contributed by atoms with Crippen LogP contribution in [0.25, 0.3) is 0 Å². The quantitative estimate of drug-likeness (QED) is 0.888. The normalized spacial score (nSPS) is 25.5. The first-order chi connectivity index (χ1) is 11.7. The molecule has 0 saturated carbocycles. The van der Waals surface area contributed by atoms with Crippen molar-refractivity contribution in [2.45, 2.75) is 17.7 Å². The maximum atomic E-state index is 14.5. The fourth-order valence-corrected chi connectivity index (χ4v) is 5.05. The van der Waals surface area contributed by atoms with Gasteiger partial charge in [0.05, 0.1) is 0 Å². The van der Waals surface area contributed by atoms with Crippen molar-refractivity contribution in [1.82, 2.24) is 4.31 Å². The van der Waals surface area contributed by atoms with Crippen LogP contribution in [-0.2, 0) is 15.6 Å². The third-order valence-corrected chi connectivity index (χ3v) is 6.72. The van der Waals surface area contributed by atoms with Crippen molar-refractivity contribution < 1.29 is 17.2 Å². The number of nitrogens with two attached hydrogens (primary N) is 1. The largest absolute Gasteiger partial charge is 0.369 e. The molecule has 1 heterocycles. The first kappa shape index (κ1) is 17.3. The zero-order valence-electron chi connectivity index (χ0n) is 13.6. The molecular formula is C17H17F2N3O2S. The van der Waals surface area contributed by atoms with Crippen molar-refractivity contribution in [3.05, 3.63) is 71.3 Å². The molecule has 2 aromatic rings. The average Bonchev–Trinajstić information content (AvgIpc) is 2.53. The molecule has 1 aliphatic rings. The number of rotatable bonds is 2. The van der Waals surface area contributed by atoms with E-state index >= 15 is 0 Å². The van der Waals surface area contributed by atoms with Gasteiger partial charge in [-0.15, -0.1) is 0 Å². The smallest absolute Gasteiger partial charge is 0.247 e. The number of benzene rings is 2. The lowest BCUT2D eigenvalue weighted by molar-refractivity contribution is 0.397. The van der Waals surface area contributed by atoms with Gasteiger partial charge < -0.3 is 5.73 Å². The number of hydrogen-bond donors (Lipinski definition) is 1. The van der Waals surface area contributed by atoms with Crippen molar-refractivity contribution in [3.8, 4) is 0 Å². The minimum absolute atomic E-state index is 0.0395. The van der Waals surface area contributed by atoms with Gasteiger partial charge in [-0.25, -0.2) is 26.5 Å². The van der Waals surface area contributed by atoms with Gasteiger partial charge in [-0.3, -0.25) is 0 Å². The third-order valence-electron chi connectivity index (χ3n) is 4.44. The summed E-state index contributed by atoms with van der Waals surface area (Å²) in [4.78, 5) is 4.29. The Hall–Kier alpha value is -2.48. The van der Waals surface area contributed by atoms with Crippen LogP contribution in [0.2, 0.25) is 0 Å². The van der Waals surface area contributed by atoms with Crippen LogP contribution >= 0.6 is 0 Å². The molecule has 0 amide bonds. The lowest BCUT2D eigenvalue weighted by atomic mass is 9.85. The van der Waals surface area contributed by atoms with E-state index in [0.29, 0.717) is 11.6 Å². The van der Waals surface area contributed by atoms with E-state index in [-0.39, 0.29) is 11.5 Å². The highest BCUT2D eigenvalue weighted by Crippen LogP contribution is 2.47. The van der Waals surface area contributed by atoms with E-state index in [1.165, 1.54) is 20.0 Å². The molecule has 2 aromatic carbocycles. The van der Waals surface area contributed by atoms with Crippen LogP contribution in [-0.4, -0.2) is 25.7 Å². The van der Waals surface area contributed by atoms with E-state index in [0.717, 1.165) is 10.4 Å². The van der Waals surface area contributed by atoms with Crippen molar-refractivity contribution >= 4 is 16.0 Å². The van der Waals surface area contributed by atoms with E-state index in [9.17, 15) is 17.2 Å². The molecule has 1 aliphatic heterocycles. The molecule has 0 saturated heterocycles. The lowest BCUT2D eigenvalue weighted by Crippen LogP contribution is -2.52. The van der Waals surface area contributed by atoms with Crippen LogP contribution in [0.5, 0.6) is 0 Å². The summed E-state index contributed by atoms with van der Waals surface area (Å²) in [5.74, 6) is -1.88. The maximum absolute atomic E-state index is 14.5. The zero-order valence-corrected chi connectivity index (χ0v) is 14.5. The summed E-state index contributed by atoms with van der Waals surface area (Å²) in [5, 5.41) is -1.21. The highest BCUT2D eigenvalue weighted by molar-refractivity contribution is 7.90. The van der Waals surface area contributed by atoms with Gasteiger partial charge in [0.15, 0.2) is 0 Å². The van der Waals surface area contributed by atoms with Crippen LogP contribution in [0.4, 0.5) is 8.78 Å². The summed E-state index contributed by atoms with van der Waals surface area (Å²) in [6.45, 7) is 1.48. The highest BCUT2D eigenvalue weighted by Gasteiger charge is 2.52. The lowest BCUT2D eigenvalue weighted by Gasteiger charge is -2.41. The molecule has 0 aromatic heterocycles. The van der Waals surface area contributed by atoms with Crippen LogP contribution in [0.3, 0.4) is 0 Å². The molecule has 3 rings (SSSR count). The summed E-state index contributed by atoms with van der Waals surface area (Å²) in [7, 11) is -2.67. The monoisotopic (exact) mass is 365 g/mol. The summed E-state index contributed by atoms with van der Waals surface area (Å²) in [6.07, 6.45) is 0. The summed E-state index contributed by atoms with van der Waals surface area (Å²) in [6, 6.07) is 11.4. The Balaban J connectivity index is 2.34. The standard InChI is InChI=1S/C17H17F2N3O2S/c1-17(13-9-8-12(18)10-14(13)19)15(11-6-4-3-5-7-11)25(23,24)22(2)16(20)21-17/h3-10,15H,1-2H3,(H2,20,21)/t15-,17-/m1/s1. The number of nitrogens with zero attached hydrogens (tertiary/aromatic N) is 2.